The van der Waals surface area contributed by atoms with Gasteiger partial charge >= 0.3 is 6.18 Å². The van der Waals surface area contributed by atoms with Gasteiger partial charge in [0, 0.05) is 37.2 Å². The van der Waals surface area contributed by atoms with Crippen molar-refractivity contribution in [3.63, 3.8) is 0 Å². The monoisotopic (exact) mass is 402 g/mol. The highest BCUT2D eigenvalue weighted by atomic mass is 19.4. The first-order valence-electron chi connectivity index (χ1n) is 9.57. The molecule has 0 spiro atoms. The van der Waals surface area contributed by atoms with Gasteiger partial charge in [-0.25, -0.2) is 9.50 Å². The molecule has 1 aliphatic heterocycles. The third-order valence-electron chi connectivity index (χ3n) is 5.29. The number of carbonyl (C=O) groups excluding carboxylic acids is 1. The minimum atomic E-state index is -4.51. The predicted molar refractivity (Wildman–Crippen MR) is 101 cm³/mol. The lowest BCUT2D eigenvalue weighted by Gasteiger charge is -2.16. The first-order valence-corrected chi connectivity index (χ1v) is 9.57. The molecule has 1 atom stereocenters. The number of rotatable bonds is 4. The maximum Gasteiger partial charge on any atom is 0.433 e. The number of alkyl halides is 3. The molecule has 2 aromatic heterocycles. The maximum atomic E-state index is 13.3. The minimum absolute atomic E-state index is 0.0602. The van der Waals surface area contributed by atoms with E-state index in [-0.39, 0.29) is 17.5 Å². The van der Waals surface area contributed by atoms with E-state index in [1.807, 2.05) is 30.3 Å². The van der Waals surface area contributed by atoms with Crippen LogP contribution in [0, 0.1) is 6.92 Å². The van der Waals surface area contributed by atoms with Crippen LogP contribution in [-0.2, 0) is 17.4 Å². The number of halogens is 3. The molecule has 0 saturated carbocycles. The van der Waals surface area contributed by atoms with Gasteiger partial charge in [0.15, 0.2) is 5.65 Å². The molecule has 0 bridgehead atoms. The van der Waals surface area contributed by atoms with E-state index in [9.17, 15) is 18.0 Å². The largest absolute Gasteiger partial charge is 0.433 e. The molecular weight excluding hydrogens is 381 g/mol. The average Bonchev–Trinajstić information content (AvgIpc) is 3.32. The van der Waals surface area contributed by atoms with Gasteiger partial charge < -0.3 is 4.90 Å². The summed E-state index contributed by atoms with van der Waals surface area (Å²) in [6, 6.07) is 12.4. The Balaban J connectivity index is 1.47. The highest BCUT2D eigenvalue weighted by Crippen LogP contribution is 2.32. The molecular formula is C21H21F3N4O. The van der Waals surface area contributed by atoms with Gasteiger partial charge in [-0.05, 0) is 31.4 Å². The Morgan fingerprint density at radius 3 is 2.69 bits per heavy atom. The second-order valence-electron chi connectivity index (χ2n) is 7.43. The van der Waals surface area contributed by atoms with Crippen molar-refractivity contribution in [2.45, 2.75) is 38.3 Å². The van der Waals surface area contributed by atoms with Crippen LogP contribution in [0.3, 0.4) is 0 Å². The lowest BCUT2D eigenvalue weighted by atomic mass is 10.1. The van der Waals surface area contributed by atoms with Crippen molar-refractivity contribution in [2.24, 2.45) is 0 Å². The van der Waals surface area contributed by atoms with Crippen molar-refractivity contribution in [3.05, 3.63) is 65.1 Å². The fourth-order valence-electron chi connectivity index (χ4n) is 3.80. The molecule has 1 amide bonds. The van der Waals surface area contributed by atoms with Crippen molar-refractivity contribution in [1.29, 1.82) is 0 Å². The first-order chi connectivity index (χ1) is 13.8. The Hall–Kier alpha value is -2.90. The molecule has 0 radical (unpaired) electrons. The lowest BCUT2D eigenvalue weighted by Crippen LogP contribution is -2.28. The summed E-state index contributed by atoms with van der Waals surface area (Å²) >= 11 is 0. The Morgan fingerprint density at radius 2 is 1.97 bits per heavy atom. The number of carbonyl (C=O) groups is 1. The van der Waals surface area contributed by atoms with Gasteiger partial charge in [-0.15, -0.1) is 0 Å². The molecule has 29 heavy (non-hydrogen) atoms. The van der Waals surface area contributed by atoms with Crippen molar-refractivity contribution < 1.29 is 18.0 Å². The summed E-state index contributed by atoms with van der Waals surface area (Å²) < 4.78 is 40.9. The number of aromatic nitrogens is 3. The number of fused-ring (bicyclic) bond motifs is 1. The normalized spacial score (nSPS) is 17.2. The van der Waals surface area contributed by atoms with Gasteiger partial charge in [-0.3, -0.25) is 4.79 Å². The van der Waals surface area contributed by atoms with Crippen LogP contribution in [0.25, 0.3) is 5.65 Å². The molecule has 5 nitrogen and oxygen atoms in total. The number of benzene rings is 1. The zero-order valence-corrected chi connectivity index (χ0v) is 16.0. The number of nitrogens with zero attached hydrogens (tertiary/aromatic N) is 4. The number of likely N-dealkylation sites (tertiary alicyclic amines) is 1. The molecule has 1 fully saturated rings. The van der Waals surface area contributed by atoms with Crippen LogP contribution in [-0.4, -0.2) is 38.5 Å². The van der Waals surface area contributed by atoms with E-state index in [2.05, 4.69) is 10.1 Å². The molecule has 1 aliphatic rings. The number of aryl methyl sites for hydroxylation is 2. The van der Waals surface area contributed by atoms with Crippen LogP contribution in [0.2, 0.25) is 0 Å². The summed E-state index contributed by atoms with van der Waals surface area (Å²) in [4.78, 5) is 18.5. The molecule has 0 aliphatic carbocycles. The Bertz CT molecular complexity index is 1030. The zero-order valence-electron chi connectivity index (χ0n) is 16.0. The predicted octanol–water partition coefficient (Wildman–Crippen LogP) is 4.01. The molecule has 4 rings (SSSR count). The van der Waals surface area contributed by atoms with Crippen LogP contribution in [0.1, 0.15) is 41.4 Å². The number of hydrogen-bond donors (Lipinski definition) is 0. The maximum absolute atomic E-state index is 13.3. The van der Waals surface area contributed by atoms with E-state index in [4.69, 9.17) is 0 Å². The molecule has 1 aromatic carbocycles. The first kappa shape index (κ1) is 19.4. The van der Waals surface area contributed by atoms with Crippen molar-refractivity contribution >= 4 is 11.6 Å². The van der Waals surface area contributed by atoms with Gasteiger partial charge in [-0.2, -0.15) is 18.3 Å². The van der Waals surface area contributed by atoms with Gasteiger partial charge in [-0.1, -0.05) is 30.3 Å². The molecule has 0 N–H and O–H groups in total. The fourth-order valence-corrected chi connectivity index (χ4v) is 3.80. The Labute approximate surface area is 166 Å². The molecule has 1 saturated heterocycles. The summed E-state index contributed by atoms with van der Waals surface area (Å²) in [5.41, 5.74) is 1.30. The zero-order chi connectivity index (χ0) is 20.6. The minimum Gasteiger partial charge on any atom is -0.342 e. The van der Waals surface area contributed by atoms with Crippen LogP contribution < -0.4 is 0 Å². The molecule has 0 unspecified atom stereocenters. The van der Waals surface area contributed by atoms with E-state index in [1.165, 1.54) is 6.92 Å². The molecule has 152 valence electrons. The van der Waals surface area contributed by atoms with E-state index in [0.29, 0.717) is 43.7 Å². The van der Waals surface area contributed by atoms with Crippen molar-refractivity contribution in [1.82, 2.24) is 19.5 Å². The fraction of sp³-hybridized carbons (Fsp3) is 0.381. The van der Waals surface area contributed by atoms with E-state index in [1.54, 1.807) is 11.0 Å². The van der Waals surface area contributed by atoms with E-state index < -0.39 is 11.9 Å². The van der Waals surface area contributed by atoms with Gasteiger partial charge in [0.2, 0.25) is 5.91 Å². The Kier molecular flexibility index (Phi) is 5.02. The van der Waals surface area contributed by atoms with Gasteiger partial charge in [0.1, 0.15) is 5.69 Å². The van der Waals surface area contributed by atoms with E-state index in [0.717, 1.165) is 16.1 Å². The lowest BCUT2D eigenvalue weighted by molar-refractivity contribution is -0.142. The second-order valence-corrected chi connectivity index (χ2v) is 7.43. The second kappa shape index (κ2) is 7.50. The summed E-state index contributed by atoms with van der Waals surface area (Å²) in [5.74, 6) is -0.0242. The highest BCUT2D eigenvalue weighted by molar-refractivity contribution is 5.76. The summed E-state index contributed by atoms with van der Waals surface area (Å²) in [7, 11) is 0. The summed E-state index contributed by atoms with van der Waals surface area (Å²) in [6.45, 7) is 2.59. The average molecular weight is 402 g/mol. The smallest absolute Gasteiger partial charge is 0.342 e. The van der Waals surface area contributed by atoms with Gasteiger partial charge in [0.05, 0.1) is 5.69 Å². The van der Waals surface area contributed by atoms with Crippen LogP contribution >= 0.6 is 0 Å². The van der Waals surface area contributed by atoms with Crippen LogP contribution in [0.5, 0.6) is 0 Å². The molecule has 8 heteroatoms. The summed E-state index contributed by atoms with van der Waals surface area (Å²) in [6.07, 6.45) is -2.74. The SMILES string of the molecule is Cc1cc(C(F)(F)F)n2nc([C@@H]3CCN(C(=O)CCc4ccccc4)C3)cc2n1. The number of hydrogen-bond acceptors (Lipinski definition) is 3. The third-order valence-corrected chi connectivity index (χ3v) is 5.29. The highest BCUT2D eigenvalue weighted by Gasteiger charge is 2.36. The standard InChI is InChI=1S/C21H21F3N4O/c1-14-11-18(21(22,23)24)28-19(25-14)12-17(26-28)16-9-10-27(13-16)20(29)8-7-15-5-3-2-4-6-15/h2-6,11-12,16H,7-10,13H2,1H3/t16-/m1/s1. The van der Waals surface area contributed by atoms with Gasteiger partial charge in [0.25, 0.3) is 0 Å². The van der Waals surface area contributed by atoms with Crippen molar-refractivity contribution in [3.8, 4) is 0 Å². The number of amides is 1. The molecule has 3 heterocycles. The topological polar surface area (TPSA) is 50.5 Å². The van der Waals surface area contributed by atoms with Crippen LogP contribution in [0.15, 0.2) is 42.5 Å². The molecule has 3 aromatic rings. The van der Waals surface area contributed by atoms with Crippen LogP contribution in [0.4, 0.5) is 13.2 Å². The quantitative estimate of drug-likeness (QED) is 0.663. The van der Waals surface area contributed by atoms with Crippen molar-refractivity contribution in [2.75, 3.05) is 13.1 Å². The summed E-state index contributed by atoms with van der Waals surface area (Å²) in [5, 5.41) is 4.19. The Morgan fingerprint density at radius 1 is 1.21 bits per heavy atom. The van der Waals surface area contributed by atoms with E-state index >= 15 is 0 Å². The third kappa shape index (κ3) is 4.11.